The Labute approximate surface area is 113 Å². The van der Waals surface area contributed by atoms with E-state index < -0.39 is 47.2 Å². The first-order chi connectivity index (χ1) is 9.01. The summed E-state index contributed by atoms with van der Waals surface area (Å²) >= 11 is 0. The van der Waals surface area contributed by atoms with Crippen molar-refractivity contribution in [3.63, 3.8) is 0 Å². The van der Waals surface area contributed by atoms with Crippen molar-refractivity contribution in [2.24, 2.45) is 0 Å². The molecule has 8 nitrogen and oxygen atoms in total. The number of fused-ring (bicyclic) bond motifs is 1. The summed E-state index contributed by atoms with van der Waals surface area (Å²) in [5.74, 6) is -2.11. The Morgan fingerprint density at radius 2 is 1.45 bits per heavy atom. The standard InChI is InChI=1S/C10H6O8S2/c11-8-4-9(20(16,17)18)10(12)7-3-5(19(13,14)15)1-2-6(7)8/h1-4H,(H,13,14,15)(H,16,17,18). The van der Waals surface area contributed by atoms with Gasteiger partial charge in [-0.15, -0.1) is 0 Å². The average molecular weight is 318 g/mol. The summed E-state index contributed by atoms with van der Waals surface area (Å²) < 4.78 is 61.6. The van der Waals surface area contributed by atoms with Crippen LogP contribution in [0.1, 0.15) is 20.7 Å². The number of carbonyl (C=O) groups is 2. The number of Topliss-reactive ketones (excluding diaryl/α,β-unsaturated/α-hetero) is 1. The smallest absolute Gasteiger partial charge is 0.289 e. The molecule has 1 aromatic carbocycles. The molecule has 0 atom stereocenters. The Hall–Kier alpha value is -1.88. The summed E-state index contributed by atoms with van der Waals surface area (Å²) in [5, 5.41) is 0. The van der Waals surface area contributed by atoms with E-state index >= 15 is 0 Å². The zero-order valence-electron chi connectivity index (χ0n) is 9.47. The minimum atomic E-state index is -4.92. The van der Waals surface area contributed by atoms with E-state index in [9.17, 15) is 26.4 Å². The van der Waals surface area contributed by atoms with Crippen LogP contribution in [0.5, 0.6) is 0 Å². The fourth-order valence-corrected chi connectivity index (χ4v) is 2.78. The fourth-order valence-electron chi connectivity index (χ4n) is 1.67. The lowest BCUT2D eigenvalue weighted by atomic mass is 9.95. The summed E-state index contributed by atoms with van der Waals surface area (Å²) in [4.78, 5) is 21.7. The second-order valence-corrected chi connectivity index (χ2v) is 6.67. The molecule has 1 aromatic rings. The maximum Gasteiger partial charge on any atom is 0.298 e. The fraction of sp³-hybridized carbons (Fsp3) is 0. The van der Waals surface area contributed by atoms with E-state index in [1.807, 2.05) is 0 Å². The first-order valence-electron chi connectivity index (χ1n) is 4.91. The van der Waals surface area contributed by atoms with Gasteiger partial charge < -0.3 is 0 Å². The summed E-state index contributed by atoms with van der Waals surface area (Å²) in [5.41, 5.74) is -0.755. The van der Waals surface area contributed by atoms with Crippen LogP contribution in [0.3, 0.4) is 0 Å². The monoisotopic (exact) mass is 318 g/mol. The van der Waals surface area contributed by atoms with E-state index in [0.717, 1.165) is 12.1 Å². The van der Waals surface area contributed by atoms with Crippen molar-refractivity contribution >= 4 is 31.8 Å². The third-order valence-corrected chi connectivity index (χ3v) is 4.27. The topological polar surface area (TPSA) is 143 Å². The second-order valence-electron chi connectivity index (χ2n) is 3.86. The van der Waals surface area contributed by atoms with E-state index in [2.05, 4.69) is 0 Å². The van der Waals surface area contributed by atoms with Crippen molar-refractivity contribution in [1.29, 1.82) is 0 Å². The van der Waals surface area contributed by atoms with Crippen LogP contribution in [0, 0.1) is 0 Å². The van der Waals surface area contributed by atoms with Gasteiger partial charge in [0.05, 0.1) is 4.90 Å². The minimum Gasteiger partial charge on any atom is -0.289 e. The maximum absolute atomic E-state index is 11.9. The highest BCUT2D eigenvalue weighted by Crippen LogP contribution is 2.26. The Balaban J connectivity index is 2.74. The molecule has 0 aliphatic heterocycles. The summed E-state index contributed by atoms with van der Waals surface area (Å²) in [6.07, 6.45) is 0.452. The lowest BCUT2D eigenvalue weighted by Gasteiger charge is -2.13. The van der Waals surface area contributed by atoms with Gasteiger partial charge in [0.15, 0.2) is 5.78 Å². The number of rotatable bonds is 2. The van der Waals surface area contributed by atoms with Crippen LogP contribution in [0.4, 0.5) is 0 Å². The molecule has 1 aliphatic carbocycles. The number of allylic oxidation sites excluding steroid dienone is 2. The third kappa shape index (κ3) is 2.41. The molecule has 0 unspecified atom stereocenters. The highest BCUT2D eigenvalue weighted by atomic mass is 32.2. The van der Waals surface area contributed by atoms with E-state index in [0.29, 0.717) is 12.1 Å². The normalized spacial score (nSPS) is 15.8. The first kappa shape index (κ1) is 14.5. The zero-order valence-corrected chi connectivity index (χ0v) is 11.1. The molecular formula is C10H6O8S2. The number of benzene rings is 1. The van der Waals surface area contributed by atoms with Gasteiger partial charge in [-0.3, -0.25) is 18.7 Å². The van der Waals surface area contributed by atoms with Crippen LogP contribution in [-0.2, 0) is 20.2 Å². The van der Waals surface area contributed by atoms with Gasteiger partial charge in [-0.05, 0) is 18.2 Å². The van der Waals surface area contributed by atoms with Gasteiger partial charge in [-0.2, -0.15) is 16.8 Å². The van der Waals surface area contributed by atoms with Crippen LogP contribution < -0.4 is 0 Å². The summed E-state index contributed by atoms with van der Waals surface area (Å²) in [7, 11) is -9.55. The number of ketones is 2. The Morgan fingerprint density at radius 3 is 1.95 bits per heavy atom. The average Bonchev–Trinajstić information content (AvgIpc) is 2.30. The van der Waals surface area contributed by atoms with Crippen molar-refractivity contribution in [2.45, 2.75) is 4.90 Å². The van der Waals surface area contributed by atoms with Crippen molar-refractivity contribution < 1.29 is 35.5 Å². The predicted molar refractivity (Wildman–Crippen MR) is 64.5 cm³/mol. The largest absolute Gasteiger partial charge is 0.298 e. The van der Waals surface area contributed by atoms with E-state index in [1.165, 1.54) is 0 Å². The number of carbonyl (C=O) groups excluding carboxylic acids is 2. The molecule has 10 heteroatoms. The highest BCUT2D eigenvalue weighted by Gasteiger charge is 2.33. The molecule has 0 saturated carbocycles. The van der Waals surface area contributed by atoms with Gasteiger partial charge in [0.25, 0.3) is 20.2 Å². The molecule has 0 heterocycles. The second kappa shape index (κ2) is 4.31. The van der Waals surface area contributed by atoms with Crippen molar-refractivity contribution in [3.8, 4) is 0 Å². The van der Waals surface area contributed by atoms with Gasteiger partial charge in [-0.1, -0.05) is 0 Å². The Kier molecular flexibility index (Phi) is 3.13. The van der Waals surface area contributed by atoms with Gasteiger partial charge in [-0.25, -0.2) is 0 Å². The molecule has 106 valence electrons. The molecule has 0 spiro atoms. The molecule has 1 aliphatic rings. The molecule has 0 fully saturated rings. The quantitative estimate of drug-likeness (QED) is 0.730. The predicted octanol–water partition coefficient (Wildman–Crippen LogP) is 0.0840. The molecule has 0 aromatic heterocycles. The Bertz CT molecular complexity index is 874. The molecule has 20 heavy (non-hydrogen) atoms. The van der Waals surface area contributed by atoms with Gasteiger partial charge in [0.2, 0.25) is 5.78 Å². The van der Waals surface area contributed by atoms with E-state index in [-0.39, 0.29) is 5.56 Å². The van der Waals surface area contributed by atoms with E-state index in [1.54, 1.807) is 0 Å². The molecule has 0 saturated heterocycles. The highest BCUT2D eigenvalue weighted by molar-refractivity contribution is 7.91. The third-order valence-electron chi connectivity index (χ3n) is 2.56. The Morgan fingerprint density at radius 1 is 0.850 bits per heavy atom. The number of hydrogen-bond donors (Lipinski definition) is 2. The van der Waals surface area contributed by atoms with Crippen LogP contribution in [-0.4, -0.2) is 37.5 Å². The molecule has 0 bridgehead atoms. The van der Waals surface area contributed by atoms with Crippen molar-refractivity contribution in [2.75, 3.05) is 0 Å². The van der Waals surface area contributed by atoms with Crippen LogP contribution in [0.2, 0.25) is 0 Å². The van der Waals surface area contributed by atoms with Crippen LogP contribution >= 0.6 is 0 Å². The lowest BCUT2D eigenvalue weighted by Crippen LogP contribution is -2.22. The van der Waals surface area contributed by atoms with Crippen molar-refractivity contribution in [1.82, 2.24) is 0 Å². The molecule has 0 amide bonds. The minimum absolute atomic E-state index is 0.227. The summed E-state index contributed by atoms with van der Waals surface area (Å²) in [6, 6.07) is 2.53. The van der Waals surface area contributed by atoms with Crippen LogP contribution in [0.15, 0.2) is 34.1 Å². The summed E-state index contributed by atoms with van der Waals surface area (Å²) in [6.45, 7) is 0. The maximum atomic E-state index is 11.9. The number of hydrogen-bond acceptors (Lipinski definition) is 6. The molecular weight excluding hydrogens is 312 g/mol. The van der Waals surface area contributed by atoms with Gasteiger partial charge in [0.1, 0.15) is 4.91 Å². The van der Waals surface area contributed by atoms with Gasteiger partial charge >= 0.3 is 0 Å². The lowest BCUT2D eigenvalue weighted by molar-refractivity contribution is 0.0989. The SMILES string of the molecule is O=C1C=C(S(=O)(=O)O)C(=O)c2cc(S(=O)(=O)O)ccc21. The zero-order chi connectivity index (χ0) is 15.3. The first-order valence-corrected chi connectivity index (χ1v) is 7.79. The van der Waals surface area contributed by atoms with Crippen LogP contribution in [0.25, 0.3) is 0 Å². The van der Waals surface area contributed by atoms with Crippen molar-refractivity contribution in [3.05, 3.63) is 40.3 Å². The molecule has 2 N–H and O–H groups in total. The van der Waals surface area contributed by atoms with E-state index in [4.69, 9.17) is 9.11 Å². The molecule has 0 radical (unpaired) electrons. The van der Waals surface area contributed by atoms with Gasteiger partial charge in [0, 0.05) is 17.2 Å². The molecule has 2 rings (SSSR count).